The molecule has 6 nitrogen and oxygen atoms in total. The molecule has 0 radical (unpaired) electrons. The molecule has 4 rings (SSSR count). The zero-order valence-electron chi connectivity index (χ0n) is 18.0. The lowest BCUT2D eigenvalue weighted by molar-refractivity contribution is -0.124. The number of carbonyl (C=O) groups excluding carboxylic acids is 1. The number of amides is 1. The number of fused-ring (bicyclic) bond motifs is 1. The minimum Gasteiger partial charge on any atom is -0.372 e. The van der Waals surface area contributed by atoms with Gasteiger partial charge in [-0.1, -0.05) is 50.3 Å². The molecule has 2 heterocycles. The zero-order chi connectivity index (χ0) is 21.5. The van der Waals surface area contributed by atoms with E-state index in [9.17, 15) is 4.79 Å². The van der Waals surface area contributed by atoms with E-state index in [-0.39, 0.29) is 0 Å². The van der Waals surface area contributed by atoms with E-state index in [1.165, 1.54) is 44.6 Å². The van der Waals surface area contributed by atoms with Crippen molar-refractivity contribution in [1.82, 2.24) is 19.9 Å². The second-order valence-electron chi connectivity index (χ2n) is 8.54. The summed E-state index contributed by atoms with van der Waals surface area (Å²) in [4.78, 5) is 18.6. The molecular formula is C25H32N4O2. The number of hydroxylamine groups is 1. The van der Waals surface area contributed by atoms with Gasteiger partial charge in [0.15, 0.2) is 0 Å². The van der Waals surface area contributed by atoms with Gasteiger partial charge < -0.3 is 9.47 Å². The lowest BCUT2D eigenvalue weighted by Gasteiger charge is -2.23. The molecule has 0 saturated heterocycles. The summed E-state index contributed by atoms with van der Waals surface area (Å²) in [5.74, 6) is 1.45. The van der Waals surface area contributed by atoms with Gasteiger partial charge in [-0.2, -0.15) is 0 Å². The van der Waals surface area contributed by atoms with Gasteiger partial charge in [0.2, 0.25) is 0 Å². The van der Waals surface area contributed by atoms with E-state index in [1.807, 2.05) is 12.1 Å². The number of allylic oxidation sites excluding steroid dienone is 2. The summed E-state index contributed by atoms with van der Waals surface area (Å²) in [6, 6.07) is 6.10. The molecule has 0 spiro atoms. The smallest absolute Gasteiger partial charge is 0.267 e. The molecule has 2 aromatic rings. The number of aryl methyl sites for hydroxylation is 1. The minimum atomic E-state index is -0.539. The molecular weight excluding hydrogens is 388 g/mol. The van der Waals surface area contributed by atoms with E-state index in [1.54, 1.807) is 11.6 Å². The molecule has 1 aliphatic carbocycles. The van der Waals surface area contributed by atoms with Crippen molar-refractivity contribution >= 4 is 23.0 Å². The SMILES string of the molecule is O=C(/C=C/c1ccc2c(c1)nc(CCC1CCCCC1)n2CCN1C=CC=CC1)NO. The zero-order valence-corrected chi connectivity index (χ0v) is 18.0. The number of carbonyl (C=O) groups is 1. The molecule has 2 N–H and O–H groups in total. The molecule has 1 aromatic carbocycles. The summed E-state index contributed by atoms with van der Waals surface area (Å²) >= 11 is 0. The third-order valence-corrected chi connectivity index (χ3v) is 6.38. The molecule has 0 atom stereocenters. The van der Waals surface area contributed by atoms with Gasteiger partial charge in [-0.05, 0) is 48.4 Å². The molecule has 0 unspecified atom stereocenters. The van der Waals surface area contributed by atoms with E-state index in [4.69, 9.17) is 10.2 Å². The van der Waals surface area contributed by atoms with Crippen LogP contribution < -0.4 is 5.48 Å². The van der Waals surface area contributed by atoms with Gasteiger partial charge in [0.1, 0.15) is 5.82 Å². The maximum atomic E-state index is 11.3. The van der Waals surface area contributed by atoms with Crippen LogP contribution in [0.4, 0.5) is 0 Å². The molecule has 2 aliphatic rings. The van der Waals surface area contributed by atoms with Crippen LogP contribution in [0.1, 0.15) is 49.9 Å². The minimum absolute atomic E-state index is 0.539. The molecule has 0 bridgehead atoms. The Labute approximate surface area is 183 Å². The number of hydrogen-bond donors (Lipinski definition) is 2. The van der Waals surface area contributed by atoms with Crippen molar-refractivity contribution in [3.63, 3.8) is 0 Å². The number of hydrogen-bond acceptors (Lipinski definition) is 4. The van der Waals surface area contributed by atoms with Crippen molar-refractivity contribution in [2.75, 3.05) is 13.1 Å². The second-order valence-corrected chi connectivity index (χ2v) is 8.54. The molecule has 1 aromatic heterocycles. The first kappa shape index (κ1) is 21.4. The van der Waals surface area contributed by atoms with Crippen LogP contribution in [-0.4, -0.2) is 38.7 Å². The number of imidazole rings is 1. The Morgan fingerprint density at radius 1 is 1.19 bits per heavy atom. The highest BCUT2D eigenvalue weighted by Gasteiger charge is 2.17. The van der Waals surface area contributed by atoms with Crippen LogP contribution in [0, 0.1) is 5.92 Å². The van der Waals surface area contributed by atoms with Crippen molar-refractivity contribution < 1.29 is 10.0 Å². The van der Waals surface area contributed by atoms with Crippen LogP contribution in [0.5, 0.6) is 0 Å². The summed E-state index contributed by atoms with van der Waals surface area (Å²) in [5, 5.41) is 8.68. The first-order chi connectivity index (χ1) is 15.2. The maximum absolute atomic E-state index is 11.3. The number of nitrogens with one attached hydrogen (secondary N) is 1. The van der Waals surface area contributed by atoms with Gasteiger partial charge in [0.05, 0.1) is 11.0 Å². The van der Waals surface area contributed by atoms with Gasteiger partial charge in [-0.25, -0.2) is 10.5 Å². The van der Waals surface area contributed by atoms with Gasteiger partial charge in [0.25, 0.3) is 5.91 Å². The van der Waals surface area contributed by atoms with Gasteiger partial charge >= 0.3 is 0 Å². The van der Waals surface area contributed by atoms with E-state index < -0.39 is 5.91 Å². The second kappa shape index (κ2) is 10.4. The Hall–Kier alpha value is -2.86. The lowest BCUT2D eigenvalue weighted by Crippen LogP contribution is -2.24. The van der Waals surface area contributed by atoms with Crippen molar-refractivity contribution in [2.45, 2.75) is 51.5 Å². The topological polar surface area (TPSA) is 70.4 Å². The van der Waals surface area contributed by atoms with Gasteiger partial charge in [0, 0.05) is 32.1 Å². The fourth-order valence-electron chi connectivity index (χ4n) is 4.66. The van der Waals surface area contributed by atoms with Crippen LogP contribution in [-0.2, 0) is 17.8 Å². The third kappa shape index (κ3) is 5.64. The maximum Gasteiger partial charge on any atom is 0.267 e. The summed E-state index contributed by atoms with van der Waals surface area (Å²) in [6.45, 7) is 2.79. The van der Waals surface area contributed by atoms with Crippen LogP contribution in [0.15, 0.2) is 48.7 Å². The molecule has 31 heavy (non-hydrogen) atoms. The average molecular weight is 421 g/mol. The van der Waals surface area contributed by atoms with Crippen molar-refractivity contribution in [2.24, 2.45) is 5.92 Å². The van der Waals surface area contributed by atoms with Gasteiger partial charge in [-0.3, -0.25) is 10.0 Å². The fraction of sp³-hybridized carbons (Fsp3) is 0.440. The number of nitrogens with zero attached hydrogens (tertiary/aromatic N) is 3. The first-order valence-electron chi connectivity index (χ1n) is 11.4. The van der Waals surface area contributed by atoms with Crippen molar-refractivity contribution in [1.29, 1.82) is 0 Å². The van der Waals surface area contributed by atoms with E-state index >= 15 is 0 Å². The van der Waals surface area contributed by atoms with Crippen LogP contribution in [0.3, 0.4) is 0 Å². The largest absolute Gasteiger partial charge is 0.372 e. The van der Waals surface area contributed by atoms with Crippen LogP contribution in [0.2, 0.25) is 0 Å². The quantitative estimate of drug-likeness (QED) is 0.376. The average Bonchev–Trinajstić information content (AvgIpc) is 3.17. The Kier molecular flexibility index (Phi) is 7.20. The number of rotatable bonds is 8. The predicted molar refractivity (Wildman–Crippen MR) is 123 cm³/mol. The fourth-order valence-corrected chi connectivity index (χ4v) is 4.66. The Balaban J connectivity index is 1.55. The highest BCUT2D eigenvalue weighted by molar-refractivity contribution is 5.91. The van der Waals surface area contributed by atoms with Crippen molar-refractivity contribution in [3.05, 3.63) is 60.1 Å². The van der Waals surface area contributed by atoms with Gasteiger partial charge in [-0.15, -0.1) is 0 Å². The number of benzene rings is 1. The highest BCUT2D eigenvalue weighted by atomic mass is 16.5. The predicted octanol–water partition coefficient (Wildman–Crippen LogP) is 4.45. The van der Waals surface area contributed by atoms with E-state index in [2.05, 4.69) is 40.0 Å². The van der Waals surface area contributed by atoms with Crippen molar-refractivity contribution in [3.8, 4) is 0 Å². The Morgan fingerprint density at radius 3 is 2.84 bits per heavy atom. The normalized spacial score (nSPS) is 17.1. The number of aromatic nitrogens is 2. The summed E-state index contributed by atoms with van der Waals surface area (Å²) in [6.07, 6.45) is 20.6. The summed E-state index contributed by atoms with van der Waals surface area (Å²) in [5.41, 5.74) is 4.61. The van der Waals surface area contributed by atoms with E-state index in [0.29, 0.717) is 0 Å². The van der Waals surface area contributed by atoms with E-state index in [0.717, 1.165) is 54.4 Å². The molecule has 1 amide bonds. The monoisotopic (exact) mass is 420 g/mol. The Morgan fingerprint density at radius 2 is 2.06 bits per heavy atom. The van der Waals surface area contributed by atoms with Crippen LogP contribution >= 0.6 is 0 Å². The van der Waals surface area contributed by atoms with Crippen LogP contribution in [0.25, 0.3) is 17.1 Å². The molecule has 1 fully saturated rings. The lowest BCUT2D eigenvalue weighted by atomic mass is 9.86. The highest BCUT2D eigenvalue weighted by Crippen LogP contribution is 2.28. The molecule has 6 heteroatoms. The molecule has 164 valence electrons. The summed E-state index contributed by atoms with van der Waals surface area (Å²) in [7, 11) is 0. The Bertz CT molecular complexity index is 983. The molecule has 1 saturated carbocycles. The first-order valence-corrected chi connectivity index (χ1v) is 11.4. The summed E-state index contributed by atoms with van der Waals surface area (Å²) < 4.78 is 2.37. The third-order valence-electron chi connectivity index (χ3n) is 6.38. The molecule has 1 aliphatic heterocycles. The standard InChI is InChI=1S/C25H32N4O2/c30-25(27-31)14-11-21-9-12-23-22(19-21)26-24(13-10-20-7-3-1-4-8-20)29(23)18-17-28-15-5-2-6-16-28/h2,5-6,9,11-12,14-15,19-20,31H,1,3-4,7-8,10,13,16-18H2,(H,27,30)/b14-11+.